The van der Waals surface area contributed by atoms with Crippen molar-refractivity contribution in [3.8, 4) is 0 Å². The number of rotatable bonds is 5. The van der Waals surface area contributed by atoms with Gasteiger partial charge in [-0.3, -0.25) is 0 Å². The predicted molar refractivity (Wildman–Crippen MR) is 65.5 cm³/mol. The van der Waals surface area contributed by atoms with Gasteiger partial charge in [0, 0.05) is 16.0 Å². The first-order valence-electron chi connectivity index (χ1n) is 4.79. The SMILES string of the molecule is FC(F)Sc1ccc(NCc2csnn2)cc1. The molecule has 0 aliphatic carbocycles. The molecular formula is C10H9F2N3S2. The van der Waals surface area contributed by atoms with Crippen LogP contribution in [-0.2, 0) is 6.54 Å². The number of hydrogen-bond acceptors (Lipinski definition) is 5. The van der Waals surface area contributed by atoms with Crippen molar-refractivity contribution in [1.82, 2.24) is 9.59 Å². The summed E-state index contributed by atoms with van der Waals surface area (Å²) in [6, 6.07) is 6.87. The molecular weight excluding hydrogens is 264 g/mol. The highest BCUT2D eigenvalue weighted by molar-refractivity contribution is 7.99. The van der Waals surface area contributed by atoms with E-state index in [0.29, 0.717) is 23.2 Å². The van der Waals surface area contributed by atoms with Gasteiger partial charge in [0.25, 0.3) is 5.76 Å². The first kappa shape index (κ1) is 12.3. The number of hydrogen-bond donors (Lipinski definition) is 1. The van der Waals surface area contributed by atoms with Crippen molar-refractivity contribution < 1.29 is 8.78 Å². The Hall–Kier alpha value is -1.21. The van der Waals surface area contributed by atoms with Crippen molar-refractivity contribution in [3.63, 3.8) is 0 Å². The number of nitrogens with zero attached hydrogens (tertiary/aromatic N) is 2. The molecule has 2 aromatic rings. The van der Waals surface area contributed by atoms with Crippen LogP contribution >= 0.6 is 23.3 Å². The van der Waals surface area contributed by atoms with E-state index in [4.69, 9.17) is 0 Å². The van der Waals surface area contributed by atoms with E-state index in [1.807, 2.05) is 5.38 Å². The number of nitrogens with one attached hydrogen (secondary N) is 1. The van der Waals surface area contributed by atoms with Crippen molar-refractivity contribution >= 4 is 29.0 Å². The fraction of sp³-hybridized carbons (Fsp3) is 0.200. The summed E-state index contributed by atoms with van der Waals surface area (Å²) in [4.78, 5) is 0.556. The normalized spacial score (nSPS) is 10.8. The van der Waals surface area contributed by atoms with Crippen LogP contribution in [-0.4, -0.2) is 15.3 Å². The molecule has 3 nitrogen and oxygen atoms in total. The number of anilines is 1. The fourth-order valence-electron chi connectivity index (χ4n) is 1.21. The van der Waals surface area contributed by atoms with Gasteiger partial charge in [0.05, 0.1) is 12.2 Å². The molecule has 1 aromatic heterocycles. The maximum Gasteiger partial charge on any atom is 0.288 e. The lowest BCUT2D eigenvalue weighted by Gasteiger charge is -2.05. The van der Waals surface area contributed by atoms with Crippen molar-refractivity contribution in [2.24, 2.45) is 0 Å². The van der Waals surface area contributed by atoms with E-state index >= 15 is 0 Å². The molecule has 0 aliphatic rings. The highest BCUT2D eigenvalue weighted by Gasteiger charge is 2.04. The van der Waals surface area contributed by atoms with E-state index in [9.17, 15) is 8.78 Å². The summed E-state index contributed by atoms with van der Waals surface area (Å²) in [7, 11) is 0. The Balaban J connectivity index is 1.89. The van der Waals surface area contributed by atoms with Crippen molar-refractivity contribution in [3.05, 3.63) is 35.3 Å². The third-order valence-corrected chi connectivity index (χ3v) is 3.23. The Labute approximate surface area is 105 Å². The van der Waals surface area contributed by atoms with Crippen LogP contribution in [0, 0.1) is 0 Å². The molecule has 90 valence electrons. The molecule has 1 heterocycles. The number of alkyl halides is 2. The van der Waals surface area contributed by atoms with Gasteiger partial charge in [0.2, 0.25) is 0 Å². The van der Waals surface area contributed by atoms with Crippen LogP contribution in [0.5, 0.6) is 0 Å². The molecule has 0 saturated heterocycles. The quantitative estimate of drug-likeness (QED) is 0.847. The summed E-state index contributed by atoms with van der Waals surface area (Å²) in [6.07, 6.45) is 0. The minimum Gasteiger partial charge on any atom is -0.379 e. The molecule has 0 atom stereocenters. The van der Waals surface area contributed by atoms with Gasteiger partial charge in [-0.25, -0.2) is 0 Å². The summed E-state index contributed by atoms with van der Waals surface area (Å²) < 4.78 is 27.9. The largest absolute Gasteiger partial charge is 0.379 e. The van der Waals surface area contributed by atoms with Crippen molar-refractivity contribution in [2.45, 2.75) is 17.2 Å². The van der Waals surface area contributed by atoms with E-state index in [1.165, 1.54) is 11.5 Å². The summed E-state index contributed by atoms with van der Waals surface area (Å²) >= 11 is 1.84. The van der Waals surface area contributed by atoms with E-state index in [2.05, 4.69) is 14.9 Å². The van der Waals surface area contributed by atoms with E-state index in [1.54, 1.807) is 24.3 Å². The molecule has 0 bridgehead atoms. The average Bonchev–Trinajstić information content (AvgIpc) is 2.80. The third-order valence-electron chi connectivity index (χ3n) is 1.96. The standard InChI is InChI=1S/C10H9F2N3S2/c11-10(12)17-9-3-1-7(2-4-9)13-5-8-6-16-15-14-8/h1-4,6,10,13H,5H2. The van der Waals surface area contributed by atoms with E-state index < -0.39 is 5.76 Å². The smallest absolute Gasteiger partial charge is 0.288 e. The Bertz CT molecular complexity index is 445. The predicted octanol–water partition coefficient (Wildman–Crippen LogP) is 3.46. The molecule has 1 aromatic carbocycles. The summed E-state index contributed by atoms with van der Waals surface area (Å²) in [5, 5.41) is 8.88. The van der Waals surface area contributed by atoms with Crippen molar-refractivity contribution in [2.75, 3.05) is 5.32 Å². The number of aromatic nitrogens is 2. The second-order valence-electron chi connectivity index (χ2n) is 3.15. The Kier molecular flexibility index (Phi) is 4.27. The number of halogens is 2. The average molecular weight is 273 g/mol. The highest BCUT2D eigenvalue weighted by atomic mass is 32.2. The second kappa shape index (κ2) is 5.92. The lowest BCUT2D eigenvalue weighted by molar-refractivity contribution is 0.252. The maximum atomic E-state index is 12.1. The maximum absolute atomic E-state index is 12.1. The Morgan fingerprint density at radius 1 is 1.29 bits per heavy atom. The zero-order chi connectivity index (χ0) is 12.1. The Morgan fingerprint density at radius 3 is 2.65 bits per heavy atom. The molecule has 0 spiro atoms. The van der Waals surface area contributed by atoms with Gasteiger partial charge in [-0.2, -0.15) is 8.78 Å². The highest BCUT2D eigenvalue weighted by Crippen LogP contribution is 2.26. The zero-order valence-electron chi connectivity index (χ0n) is 8.64. The number of thioether (sulfide) groups is 1. The van der Waals surface area contributed by atoms with Crippen LogP contribution in [0.2, 0.25) is 0 Å². The summed E-state index contributed by atoms with van der Waals surface area (Å²) in [5.74, 6) is -2.38. The van der Waals surface area contributed by atoms with Gasteiger partial charge in [0.15, 0.2) is 0 Å². The molecule has 0 unspecified atom stereocenters. The Morgan fingerprint density at radius 2 is 2.06 bits per heavy atom. The molecule has 7 heteroatoms. The van der Waals surface area contributed by atoms with Crippen LogP contribution in [0.1, 0.15) is 5.69 Å². The second-order valence-corrected chi connectivity index (χ2v) is 4.83. The van der Waals surface area contributed by atoms with E-state index in [0.717, 1.165) is 11.4 Å². The summed E-state index contributed by atoms with van der Waals surface area (Å²) in [5.41, 5.74) is 1.73. The molecule has 0 radical (unpaired) electrons. The fourth-order valence-corrected chi connectivity index (χ4v) is 2.16. The van der Waals surface area contributed by atoms with Gasteiger partial charge in [-0.15, -0.1) is 5.10 Å². The summed E-state index contributed by atoms with van der Waals surface area (Å²) in [6.45, 7) is 0.581. The van der Waals surface area contributed by atoms with Gasteiger partial charge < -0.3 is 5.32 Å². The molecule has 0 aliphatic heterocycles. The third kappa shape index (κ3) is 3.94. The van der Waals surface area contributed by atoms with E-state index in [-0.39, 0.29) is 0 Å². The van der Waals surface area contributed by atoms with Crippen LogP contribution < -0.4 is 5.32 Å². The molecule has 17 heavy (non-hydrogen) atoms. The van der Waals surface area contributed by atoms with Gasteiger partial charge >= 0.3 is 0 Å². The van der Waals surface area contributed by atoms with Gasteiger partial charge in [0.1, 0.15) is 0 Å². The molecule has 0 fully saturated rings. The molecule has 0 amide bonds. The zero-order valence-corrected chi connectivity index (χ0v) is 10.3. The van der Waals surface area contributed by atoms with Crippen LogP contribution in [0.4, 0.5) is 14.5 Å². The molecule has 0 saturated carbocycles. The van der Waals surface area contributed by atoms with Gasteiger partial charge in [-0.05, 0) is 35.8 Å². The first-order chi connectivity index (χ1) is 8.24. The topological polar surface area (TPSA) is 37.8 Å². The minimum atomic E-state index is -2.38. The van der Waals surface area contributed by atoms with Crippen LogP contribution in [0.15, 0.2) is 34.5 Å². The minimum absolute atomic E-state index is 0.541. The molecule has 1 N–H and O–H groups in total. The first-order valence-corrected chi connectivity index (χ1v) is 6.50. The monoisotopic (exact) mass is 273 g/mol. The lowest BCUT2D eigenvalue weighted by atomic mass is 10.3. The number of benzene rings is 1. The van der Waals surface area contributed by atoms with Crippen LogP contribution in [0.25, 0.3) is 0 Å². The molecule has 2 rings (SSSR count). The van der Waals surface area contributed by atoms with Crippen LogP contribution in [0.3, 0.4) is 0 Å². The van der Waals surface area contributed by atoms with Gasteiger partial charge in [-0.1, -0.05) is 16.3 Å². The van der Waals surface area contributed by atoms with Crippen molar-refractivity contribution in [1.29, 1.82) is 0 Å². The lowest BCUT2D eigenvalue weighted by Crippen LogP contribution is -1.99.